The van der Waals surface area contributed by atoms with Crippen molar-refractivity contribution in [2.45, 2.75) is 6.92 Å². The van der Waals surface area contributed by atoms with Crippen LogP contribution in [0.25, 0.3) is 6.08 Å². The number of hydrogen-bond donors (Lipinski definition) is 1. The number of benzene rings is 1. The fraction of sp³-hybridized carbons (Fsp3) is 0.235. The number of terminal acetylenes is 1. The second-order valence-corrected chi connectivity index (χ2v) is 7.45. The van der Waals surface area contributed by atoms with Crippen LogP contribution >= 0.6 is 39.9 Å². The maximum Gasteiger partial charge on any atom is 0.323 e. The van der Waals surface area contributed by atoms with E-state index in [9.17, 15) is 9.59 Å². The highest BCUT2D eigenvalue weighted by Gasteiger charge is 2.33. The minimum absolute atomic E-state index is 0.0892. The molecule has 1 aliphatic rings. The van der Waals surface area contributed by atoms with Crippen molar-refractivity contribution in [3.05, 3.63) is 27.1 Å². The zero-order valence-corrected chi connectivity index (χ0v) is 16.9. The van der Waals surface area contributed by atoms with Crippen LogP contribution < -0.4 is 9.47 Å². The fourth-order valence-corrected chi connectivity index (χ4v) is 3.94. The SMILES string of the molecule is C#CCOc1c(Br)cc(/C=C2/SC(=S)N(CC(=O)O)C2=O)cc1OCC. The lowest BCUT2D eigenvalue weighted by Gasteiger charge is -2.13. The number of carboxylic acid groups (broad SMARTS) is 1. The minimum Gasteiger partial charge on any atom is -0.490 e. The lowest BCUT2D eigenvalue weighted by molar-refractivity contribution is -0.140. The summed E-state index contributed by atoms with van der Waals surface area (Å²) in [5.74, 6) is 1.77. The molecular weight excluding hydrogens is 442 g/mol. The van der Waals surface area contributed by atoms with E-state index in [1.165, 1.54) is 0 Å². The van der Waals surface area contributed by atoms with E-state index in [-0.39, 0.29) is 10.9 Å². The molecule has 1 aromatic rings. The number of thiocarbonyl (C=S) groups is 1. The van der Waals surface area contributed by atoms with E-state index in [0.29, 0.717) is 33.0 Å². The molecule has 0 aromatic heterocycles. The second kappa shape index (κ2) is 9.07. The van der Waals surface area contributed by atoms with E-state index < -0.39 is 18.4 Å². The molecule has 0 saturated carbocycles. The third-order valence-electron chi connectivity index (χ3n) is 3.10. The van der Waals surface area contributed by atoms with Crippen LogP contribution in [0.3, 0.4) is 0 Å². The molecule has 2 rings (SSSR count). The van der Waals surface area contributed by atoms with Crippen molar-refractivity contribution >= 4 is 62.2 Å². The highest BCUT2D eigenvalue weighted by atomic mass is 79.9. The van der Waals surface area contributed by atoms with Gasteiger partial charge in [0.05, 0.1) is 16.0 Å². The van der Waals surface area contributed by atoms with E-state index in [1.54, 1.807) is 18.2 Å². The predicted molar refractivity (Wildman–Crippen MR) is 107 cm³/mol. The molecule has 1 amide bonds. The summed E-state index contributed by atoms with van der Waals surface area (Å²) in [7, 11) is 0. The molecule has 9 heteroatoms. The monoisotopic (exact) mass is 455 g/mol. The third kappa shape index (κ3) is 4.78. The first-order valence-corrected chi connectivity index (χ1v) is 9.38. The molecule has 0 spiro atoms. The molecule has 0 unspecified atom stereocenters. The topological polar surface area (TPSA) is 76.1 Å². The summed E-state index contributed by atoms with van der Waals surface area (Å²) in [5.41, 5.74) is 0.671. The molecule has 1 fully saturated rings. The number of carboxylic acids is 1. The quantitative estimate of drug-likeness (QED) is 0.384. The zero-order chi connectivity index (χ0) is 19.3. The molecule has 26 heavy (non-hydrogen) atoms. The van der Waals surface area contributed by atoms with E-state index in [2.05, 4.69) is 21.9 Å². The number of carbonyl (C=O) groups is 2. The molecule has 0 atom stereocenters. The Hall–Kier alpha value is -2.02. The van der Waals surface area contributed by atoms with Crippen LogP contribution in [0.2, 0.25) is 0 Å². The van der Waals surface area contributed by atoms with Gasteiger partial charge in [0.2, 0.25) is 0 Å². The normalized spacial score (nSPS) is 15.3. The summed E-state index contributed by atoms with van der Waals surface area (Å²) in [6, 6.07) is 3.46. The van der Waals surface area contributed by atoms with Gasteiger partial charge in [-0.15, -0.1) is 6.42 Å². The molecule has 0 radical (unpaired) electrons. The van der Waals surface area contributed by atoms with Crippen LogP contribution in [0.1, 0.15) is 12.5 Å². The van der Waals surface area contributed by atoms with E-state index in [0.717, 1.165) is 16.7 Å². The van der Waals surface area contributed by atoms with Gasteiger partial charge < -0.3 is 14.6 Å². The molecule has 0 bridgehead atoms. The number of rotatable bonds is 7. The van der Waals surface area contributed by atoms with Crippen molar-refractivity contribution in [3.63, 3.8) is 0 Å². The average molecular weight is 456 g/mol. The third-order valence-corrected chi connectivity index (χ3v) is 5.06. The predicted octanol–water partition coefficient (Wildman–Crippen LogP) is 3.15. The van der Waals surface area contributed by atoms with Crippen LogP contribution in [0.5, 0.6) is 11.5 Å². The first-order chi connectivity index (χ1) is 12.4. The van der Waals surface area contributed by atoms with Crippen molar-refractivity contribution in [3.8, 4) is 23.8 Å². The van der Waals surface area contributed by atoms with Crippen LogP contribution in [-0.2, 0) is 9.59 Å². The van der Waals surface area contributed by atoms with Crippen LogP contribution in [-0.4, -0.2) is 46.0 Å². The van der Waals surface area contributed by atoms with Crippen molar-refractivity contribution in [1.82, 2.24) is 4.90 Å². The Morgan fingerprint density at radius 2 is 2.23 bits per heavy atom. The number of halogens is 1. The molecule has 1 heterocycles. The number of thioether (sulfide) groups is 1. The van der Waals surface area contributed by atoms with Gasteiger partial charge in [-0.3, -0.25) is 14.5 Å². The van der Waals surface area contributed by atoms with Crippen molar-refractivity contribution in [1.29, 1.82) is 0 Å². The summed E-state index contributed by atoms with van der Waals surface area (Å²) < 4.78 is 11.9. The molecular formula is C17H14BrNO5S2. The highest BCUT2D eigenvalue weighted by molar-refractivity contribution is 9.10. The number of ether oxygens (including phenoxy) is 2. The van der Waals surface area contributed by atoms with Gasteiger partial charge in [-0.05, 0) is 46.6 Å². The van der Waals surface area contributed by atoms with Gasteiger partial charge in [0.15, 0.2) is 11.5 Å². The molecule has 1 aromatic carbocycles. The number of carbonyl (C=O) groups excluding carboxylic acids is 1. The first kappa shape index (κ1) is 20.3. The molecule has 6 nitrogen and oxygen atoms in total. The van der Waals surface area contributed by atoms with Gasteiger partial charge >= 0.3 is 5.97 Å². The van der Waals surface area contributed by atoms with Crippen molar-refractivity contribution in [2.24, 2.45) is 0 Å². The van der Waals surface area contributed by atoms with Gasteiger partial charge in [0, 0.05) is 0 Å². The maximum atomic E-state index is 12.4. The first-order valence-electron chi connectivity index (χ1n) is 7.37. The average Bonchev–Trinajstić information content (AvgIpc) is 2.81. The largest absolute Gasteiger partial charge is 0.490 e. The molecule has 1 aliphatic heterocycles. The Morgan fingerprint density at radius 1 is 1.50 bits per heavy atom. The zero-order valence-electron chi connectivity index (χ0n) is 13.7. The van der Waals surface area contributed by atoms with E-state index in [1.807, 2.05) is 6.92 Å². The Labute approximate surface area is 168 Å². The Bertz CT molecular complexity index is 831. The summed E-state index contributed by atoms with van der Waals surface area (Å²) in [4.78, 5) is 24.6. The fourth-order valence-electron chi connectivity index (χ4n) is 2.11. The van der Waals surface area contributed by atoms with Crippen LogP contribution in [0.4, 0.5) is 0 Å². The molecule has 1 saturated heterocycles. The molecule has 0 aliphatic carbocycles. The summed E-state index contributed by atoms with van der Waals surface area (Å²) >= 11 is 9.55. The van der Waals surface area contributed by atoms with E-state index in [4.69, 9.17) is 33.2 Å². The molecule has 136 valence electrons. The van der Waals surface area contributed by atoms with Crippen LogP contribution in [0.15, 0.2) is 21.5 Å². The number of nitrogens with zero attached hydrogens (tertiary/aromatic N) is 1. The minimum atomic E-state index is -1.13. The van der Waals surface area contributed by atoms with Gasteiger partial charge in [0.1, 0.15) is 17.5 Å². The Kier molecular flexibility index (Phi) is 7.08. The Balaban J connectivity index is 2.35. The van der Waals surface area contributed by atoms with Crippen LogP contribution in [0, 0.1) is 12.3 Å². The van der Waals surface area contributed by atoms with Gasteiger partial charge in [-0.2, -0.15) is 0 Å². The lowest BCUT2D eigenvalue weighted by Crippen LogP contribution is -2.33. The van der Waals surface area contributed by atoms with Gasteiger partial charge in [0.25, 0.3) is 5.91 Å². The van der Waals surface area contributed by atoms with Crippen molar-refractivity contribution in [2.75, 3.05) is 19.8 Å². The van der Waals surface area contributed by atoms with Gasteiger partial charge in [-0.1, -0.05) is 29.9 Å². The second-order valence-electron chi connectivity index (χ2n) is 4.92. The smallest absolute Gasteiger partial charge is 0.323 e. The number of amides is 1. The Morgan fingerprint density at radius 3 is 2.85 bits per heavy atom. The van der Waals surface area contributed by atoms with Gasteiger partial charge in [-0.25, -0.2) is 0 Å². The summed E-state index contributed by atoms with van der Waals surface area (Å²) in [6.07, 6.45) is 6.85. The highest BCUT2D eigenvalue weighted by Crippen LogP contribution is 2.39. The summed E-state index contributed by atoms with van der Waals surface area (Å²) in [5, 5.41) is 8.89. The number of hydrogen-bond acceptors (Lipinski definition) is 6. The number of aliphatic carboxylic acids is 1. The molecule has 1 N–H and O–H groups in total. The van der Waals surface area contributed by atoms with Crippen molar-refractivity contribution < 1.29 is 24.2 Å². The standard InChI is InChI=1S/C17H14BrNO5S2/c1-3-5-24-15-11(18)6-10(7-12(15)23-4-2)8-13-16(22)19(9-14(20)21)17(25)26-13/h1,6-8H,4-5,9H2,2H3,(H,20,21)/b13-8+. The van der Waals surface area contributed by atoms with E-state index >= 15 is 0 Å². The lowest BCUT2D eigenvalue weighted by atomic mass is 10.2. The maximum absolute atomic E-state index is 12.4. The summed E-state index contributed by atoms with van der Waals surface area (Å²) in [6.45, 7) is 1.88.